The van der Waals surface area contributed by atoms with E-state index in [1.165, 1.54) is 4.90 Å². The van der Waals surface area contributed by atoms with Crippen molar-refractivity contribution in [2.45, 2.75) is 49.3 Å². The van der Waals surface area contributed by atoms with Crippen LogP contribution < -0.4 is 10.6 Å². The predicted molar refractivity (Wildman–Crippen MR) is 152 cm³/mol. The molecule has 1 saturated heterocycles. The van der Waals surface area contributed by atoms with Gasteiger partial charge >= 0.3 is 11.9 Å². The molecule has 3 heterocycles. The van der Waals surface area contributed by atoms with Crippen LogP contribution in [0.25, 0.3) is 22.0 Å². The van der Waals surface area contributed by atoms with Crippen molar-refractivity contribution in [2.75, 3.05) is 30.3 Å². The van der Waals surface area contributed by atoms with E-state index < -0.39 is 75.4 Å². The summed E-state index contributed by atoms with van der Waals surface area (Å²) in [6, 6.07) is 1.41. The summed E-state index contributed by atoms with van der Waals surface area (Å²) in [5, 5.41) is -0.709. The van der Waals surface area contributed by atoms with Crippen LogP contribution in [0.1, 0.15) is 25.3 Å². The number of alkyl halides is 5. The fraction of sp³-hybridized carbons (Fsp3) is 0.414. The van der Waals surface area contributed by atoms with E-state index in [-0.39, 0.29) is 59.5 Å². The first-order valence-corrected chi connectivity index (χ1v) is 14.9. The number of benzene rings is 2. The molecule has 1 saturated carbocycles. The minimum absolute atomic E-state index is 0.0169. The Labute approximate surface area is 255 Å². The van der Waals surface area contributed by atoms with E-state index in [9.17, 15) is 35.9 Å². The SMILES string of the molecule is C=CC(=O)N1CCN(c2nc(=O)n3c4c(c(-c5cc(Cl)c(F)cc5F)c(C(F)(F)F)cc24)SCC2(C3)CC(F)(F)C2)[C@@H](C)C1. The van der Waals surface area contributed by atoms with E-state index in [1.807, 2.05) is 0 Å². The summed E-state index contributed by atoms with van der Waals surface area (Å²) in [5.74, 6) is -6.00. The monoisotopic (exact) mass is 660 g/mol. The minimum atomic E-state index is -5.07. The van der Waals surface area contributed by atoms with Gasteiger partial charge in [0.25, 0.3) is 0 Å². The van der Waals surface area contributed by atoms with Crippen LogP contribution in [0.15, 0.2) is 40.5 Å². The third-order valence-corrected chi connectivity index (χ3v) is 10.2. The standard InChI is InChI=1S/C29H24ClF7N4O2S/c1-3-21(42)39-4-5-40(14(2)9-39)25-16-6-17(29(35,36)37)22(15-7-18(30)20(32)8-19(15)31)24-23(16)41(26(43)38-25)12-27(13-44-24)10-28(33,34)11-27/h3,6-8,14H,1,4-5,9-13H2,2H3/t14-/m0/s1. The Hall–Kier alpha value is -3.26. The van der Waals surface area contributed by atoms with Gasteiger partial charge in [-0.25, -0.2) is 22.4 Å². The number of nitrogens with zero attached hydrogens (tertiary/aromatic N) is 4. The molecule has 1 atom stereocenters. The highest BCUT2D eigenvalue weighted by atomic mass is 35.5. The molecule has 1 aliphatic carbocycles. The van der Waals surface area contributed by atoms with E-state index >= 15 is 4.39 Å². The van der Waals surface area contributed by atoms with Crippen molar-refractivity contribution in [3.8, 4) is 11.1 Å². The second-order valence-electron chi connectivity index (χ2n) is 11.6. The van der Waals surface area contributed by atoms with Crippen molar-refractivity contribution in [1.82, 2.24) is 14.5 Å². The molecule has 2 aliphatic heterocycles. The fourth-order valence-corrected chi connectivity index (χ4v) is 8.20. The van der Waals surface area contributed by atoms with Crippen LogP contribution >= 0.6 is 23.4 Å². The largest absolute Gasteiger partial charge is 0.417 e. The van der Waals surface area contributed by atoms with Gasteiger partial charge in [-0.2, -0.15) is 18.2 Å². The highest BCUT2D eigenvalue weighted by Gasteiger charge is 2.57. The molecular formula is C29H24ClF7N4O2S. The van der Waals surface area contributed by atoms with Gasteiger partial charge in [0.15, 0.2) is 0 Å². The number of piperazine rings is 1. The molecule has 0 N–H and O–H groups in total. The first-order valence-electron chi connectivity index (χ1n) is 13.6. The zero-order valence-corrected chi connectivity index (χ0v) is 24.7. The first-order chi connectivity index (χ1) is 20.5. The lowest BCUT2D eigenvalue weighted by Crippen LogP contribution is -2.54. The van der Waals surface area contributed by atoms with Crippen LogP contribution in [-0.4, -0.2) is 57.7 Å². The Morgan fingerprint density at radius 1 is 1.16 bits per heavy atom. The van der Waals surface area contributed by atoms with Gasteiger partial charge in [0.2, 0.25) is 11.8 Å². The van der Waals surface area contributed by atoms with Crippen LogP contribution in [0.4, 0.5) is 36.6 Å². The highest BCUT2D eigenvalue weighted by Crippen LogP contribution is 2.58. The maximum Gasteiger partial charge on any atom is 0.417 e. The van der Waals surface area contributed by atoms with Gasteiger partial charge in [0, 0.05) is 83.7 Å². The van der Waals surface area contributed by atoms with Gasteiger partial charge < -0.3 is 9.80 Å². The van der Waals surface area contributed by atoms with Crippen LogP contribution in [0.2, 0.25) is 5.02 Å². The van der Waals surface area contributed by atoms with E-state index in [4.69, 9.17) is 11.6 Å². The average Bonchev–Trinajstić information content (AvgIpc) is 3.09. The lowest BCUT2D eigenvalue weighted by atomic mass is 9.67. The van der Waals surface area contributed by atoms with Crippen molar-refractivity contribution in [3.05, 3.63) is 63.6 Å². The molecule has 0 bridgehead atoms. The third kappa shape index (κ3) is 5.03. The average molecular weight is 661 g/mol. The van der Waals surface area contributed by atoms with E-state index in [0.717, 1.165) is 34.5 Å². The van der Waals surface area contributed by atoms with Crippen molar-refractivity contribution in [3.63, 3.8) is 0 Å². The molecule has 0 unspecified atom stereocenters. The summed E-state index contributed by atoms with van der Waals surface area (Å²) in [6.45, 7) is 5.42. The van der Waals surface area contributed by atoms with Crippen LogP contribution in [0, 0.1) is 17.0 Å². The fourth-order valence-electron chi connectivity index (χ4n) is 6.57. The maximum absolute atomic E-state index is 15.3. The first kappa shape index (κ1) is 30.8. The van der Waals surface area contributed by atoms with Gasteiger partial charge in [0.1, 0.15) is 17.5 Å². The third-order valence-electron chi connectivity index (χ3n) is 8.45. The molecule has 0 radical (unpaired) electrons. The number of aromatic nitrogens is 2. The molecule has 15 heteroatoms. The van der Waals surface area contributed by atoms with Gasteiger partial charge in [-0.3, -0.25) is 9.36 Å². The number of amides is 1. The highest BCUT2D eigenvalue weighted by molar-refractivity contribution is 7.99. The number of anilines is 1. The number of halogens is 8. The van der Waals surface area contributed by atoms with Gasteiger partial charge in [0.05, 0.1) is 16.1 Å². The lowest BCUT2D eigenvalue weighted by molar-refractivity contribution is -0.156. The maximum atomic E-state index is 15.3. The molecule has 3 aromatic rings. The predicted octanol–water partition coefficient (Wildman–Crippen LogP) is 6.76. The minimum Gasteiger partial charge on any atom is -0.350 e. The second-order valence-corrected chi connectivity index (χ2v) is 13.0. The Bertz CT molecular complexity index is 1790. The number of hydrogen-bond acceptors (Lipinski definition) is 5. The second kappa shape index (κ2) is 10.4. The smallest absolute Gasteiger partial charge is 0.350 e. The van der Waals surface area contributed by atoms with Crippen LogP contribution in [-0.2, 0) is 17.5 Å². The zero-order valence-electron chi connectivity index (χ0n) is 23.1. The topological polar surface area (TPSA) is 58.4 Å². The number of rotatable bonds is 3. The molecular weight excluding hydrogens is 637 g/mol. The van der Waals surface area contributed by atoms with Crippen molar-refractivity contribution < 1.29 is 35.5 Å². The van der Waals surface area contributed by atoms with E-state index in [2.05, 4.69) is 11.6 Å². The Morgan fingerprint density at radius 2 is 1.86 bits per heavy atom. The van der Waals surface area contributed by atoms with E-state index in [0.29, 0.717) is 6.07 Å². The Morgan fingerprint density at radius 3 is 2.48 bits per heavy atom. The normalized spacial score (nSPS) is 20.9. The lowest BCUT2D eigenvalue weighted by Gasteiger charge is -2.46. The molecule has 1 spiro atoms. The van der Waals surface area contributed by atoms with Crippen molar-refractivity contribution >= 4 is 46.0 Å². The van der Waals surface area contributed by atoms with Crippen LogP contribution in [0.3, 0.4) is 0 Å². The quantitative estimate of drug-likeness (QED) is 0.177. The summed E-state index contributed by atoms with van der Waals surface area (Å²) in [5.41, 5.74) is -4.62. The zero-order chi connectivity index (χ0) is 31.9. The molecule has 2 fully saturated rings. The molecule has 3 aliphatic rings. The number of hydrogen-bond donors (Lipinski definition) is 0. The Balaban J connectivity index is 1.66. The Kier molecular flexibility index (Phi) is 7.27. The summed E-state index contributed by atoms with van der Waals surface area (Å²) in [4.78, 5) is 33.0. The molecule has 234 valence electrons. The summed E-state index contributed by atoms with van der Waals surface area (Å²) in [7, 11) is 0. The van der Waals surface area contributed by atoms with Gasteiger partial charge in [-0.1, -0.05) is 18.2 Å². The summed E-state index contributed by atoms with van der Waals surface area (Å²) < 4.78 is 103. The van der Waals surface area contributed by atoms with Gasteiger partial charge in [-0.05, 0) is 25.1 Å². The van der Waals surface area contributed by atoms with Crippen molar-refractivity contribution in [2.24, 2.45) is 5.41 Å². The molecule has 1 amide bonds. The number of carbonyl (C=O) groups is 1. The molecule has 6 rings (SSSR count). The molecule has 44 heavy (non-hydrogen) atoms. The van der Waals surface area contributed by atoms with Gasteiger partial charge in [-0.15, -0.1) is 11.8 Å². The molecule has 1 aromatic heterocycles. The van der Waals surface area contributed by atoms with E-state index in [1.54, 1.807) is 11.8 Å². The number of thioether (sulfide) groups is 1. The summed E-state index contributed by atoms with van der Waals surface area (Å²) in [6.07, 6.45) is -5.11. The molecule has 2 aromatic carbocycles. The van der Waals surface area contributed by atoms with Crippen LogP contribution in [0.5, 0.6) is 0 Å². The number of carbonyl (C=O) groups excluding carboxylic acids is 1. The summed E-state index contributed by atoms with van der Waals surface area (Å²) >= 11 is 6.72. The molecule has 6 nitrogen and oxygen atoms in total. The van der Waals surface area contributed by atoms with Crippen molar-refractivity contribution in [1.29, 1.82) is 0 Å².